The van der Waals surface area contributed by atoms with Crippen molar-refractivity contribution in [2.75, 3.05) is 14.2 Å². The molecule has 0 aliphatic rings. The number of nitrogens with two attached hydrogens (primary N) is 1. The summed E-state index contributed by atoms with van der Waals surface area (Å²) in [6.07, 6.45) is 0. The maximum Gasteiger partial charge on any atom is 0.258 e. The number of rotatable bonds is 5. The van der Waals surface area contributed by atoms with E-state index in [9.17, 15) is 4.79 Å². The Balaban J connectivity index is 1.85. The van der Waals surface area contributed by atoms with Crippen LogP contribution in [-0.2, 0) is 5.75 Å². The number of aromatic amines is 1. The molecule has 2 aromatic carbocycles. The molecule has 0 fully saturated rings. The number of nitrogens with one attached hydrogen (secondary N) is 1. The van der Waals surface area contributed by atoms with E-state index in [1.165, 1.54) is 26.0 Å². The number of methoxy groups -OCH3 is 2. The van der Waals surface area contributed by atoms with E-state index >= 15 is 0 Å². The lowest BCUT2D eigenvalue weighted by Gasteiger charge is -2.09. The molecule has 3 rings (SSSR count). The van der Waals surface area contributed by atoms with Crippen LogP contribution in [0.1, 0.15) is 17.0 Å². The van der Waals surface area contributed by atoms with Gasteiger partial charge in [-0.3, -0.25) is 4.79 Å². The molecule has 0 bridgehead atoms. The number of hydrogen-bond acceptors (Lipinski definition) is 6. The van der Waals surface area contributed by atoms with Crippen LogP contribution in [0, 0.1) is 13.8 Å². The van der Waals surface area contributed by atoms with E-state index < -0.39 is 0 Å². The predicted molar refractivity (Wildman–Crippen MR) is 114 cm³/mol. The summed E-state index contributed by atoms with van der Waals surface area (Å²) in [4.78, 5) is 24.2. The minimum absolute atomic E-state index is 0.244. The summed E-state index contributed by atoms with van der Waals surface area (Å²) >= 11 is 1.31. The number of hydrogen-bond donors (Lipinski definition) is 2. The summed E-state index contributed by atoms with van der Waals surface area (Å²) in [5.41, 5.74) is 9.35. The summed E-state index contributed by atoms with van der Waals surface area (Å²) in [5, 5.41) is 0.840. The van der Waals surface area contributed by atoms with Gasteiger partial charge >= 0.3 is 0 Å². The van der Waals surface area contributed by atoms with E-state index in [4.69, 9.17) is 15.2 Å². The first-order valence-corrected chi connectivity index (χ1v) is 9.59. The second kappa shape index (κ2) is 8.35. The maximum atomic E-state index is 12.4. The molecule has 0 spiro atoms. The predicted octanol–water partition coefficient (Wildman–Crippen LogP) is 3.44. The Morgan fingerprint density at radius 1 is 1.18 bits per heavy atom. The fourth-order valence-electron chi connectivity index (χ4n) is 2.72. The highest BCUT2D eigenvalue weighted by Gasteiger charge is 2.11. The molecule has 3 aromatic rings. The van der Waals surface area contributed by atoms with E-state index in [0.717, 1.165) is 16.8 Å². The van der Waals surface area contributed by atoms with Crippen LogP contribution in [0.4, 0.5) is 5.69 Å². The zero-order valence-electron chi connectivity index (χ0n) is 16.2. The molecule has 1 heterocycles. The molecule has 8 heteroatoms. The number of aliphatic imine (C=N–C) groups is 1. The van der Waals surface area contributed by atoms with Gasteiger partial charge in [0.25, 0.3) is 5.56 Å². The summed E-state index contributed by atoms with van der Waals surface area (Å²) in [6.45, 7) is 4.00. The Morgan fingerprint density at radius 3 is 2.61 bits per heavy atom. The number of amidine groups is 1. The molecule has 0 saturated heterocycles. The number of aryl methyl sites for hydroxylation is 2. The molecule has 0 atom stereocenters. The largest absolute Gasteiger partial charge is 0.493 e. The average Bonchev–Trinajstić information content (AvgIpc) is 2.68. The lowest BCUT2D eigenvalue weighted by atomic mass is 10.1. The van der Waals surface area contributed by atoms with Gasteiger partial charge in [0.1, 0.15) is 5.82 Å². The van der Waals surface area contributed by atoms with Crippen molar-refractivity contribution in [2.45, 2.75) is 19.6 Å². The number of thioether (sulfide) groups is 1. The molecule has 0 saturated carbocycles. The van der Waals surface area contributed by atoms with Crippen LogP contribution in [0.5, 0.6) is 11.5 Å². The molecule has 0 radical (unpaired) electrons. The van der Waals surface area contributed by atoms with Gasteiger partial charge in [0.15, 0.2) is 16.7 Å². The van der Waals surface area contributed by atoms with Crippen LogP contribution in [-0.4, -0.2) is 29.4 Å². The maximum absolute atomic E-state index is 12.4. The Hall–Kier alpha value is -3.00. The first-order chi connectivity index (χ1) is 13.4. The average molecular weight is 398 g/mol. The van der Waals surface area contributed by atoms with Crippen molar-refractivity contribution in [3.63, 3.8) is 0 Å². The number of nitrogens with zero attached hydrogens (tertiary/aromatic N) is 2. The van der Waals surface area contributed by atoms with Gasteiger partial charge in [0, 0.05) is 6.07 Å². The van der Waals surface area contributed by atoms with Crippen LogP contribution in [0.2, 0.25) is 0 Å². The van der Waals surface area contributed by atoms with Crippen molar-refractivity contribution < 1.29 is 9.47 Å². The Labute approximate surface area is 167 Å². The Morgan fingerprint density at radius 2 is 1.89 bits per heavy atom. The second-order valence-corrected chi connectivity index (χ2v) is 7.26. The number of H-pyrrole nitrogens is 1. The smallest absolute Gasteiger partial charge is 0.258 e. The fourth-order valence-corrected chi connectivity index (χ4v) is 3.30. The molecular weight excluding hydrogens is 376 g/mol. The van der Waals surface area contributed by atoms with Crippen molar-refractivity contribution in [1.29, 1.82) is 0 Å². The normalized spacial score (nSPS) is 11.6. The summed E-state index contributed by atoms with van der Waals surface area (Å²) < 4.78 is 10.5. The first kappa shape index (κ1) is 19.8. The van der Waals surface area contributed by atoms with Crippen LogP contribution < -0.4 is 20.8 Å². The highest BCUT2D eigenvalue weighted by Crippen LogP contribution is 2.30. The van der Waals surface area contributed by atoms with Gasteiger partial charge in [-0.15, -0.1) is 0 Å². The number of ether oxygens (including phenoxy) is 2. The fraction of sp³-hybridized carbons (Fsp3) is 0.250. The standard InChI is InChI=1S/C20H22N4O3S/c1-11-5-6-12(2)14(7-11)23-20(21)28-10-18-22-15-9-17(27-4)16(26-3)8-13(15)19(25)24-18/h5-9H,10H2,1-4H3,(H2,21,23)(H,22,24,25). The molecule has 0 amide bonds. The van der Waals surface area contributed by atoms with Crippen LogP contribution in [0.25, 0.3) is 10.9 Å². The van der Waals surface area contributed by atoms with Gasteiger partial charge in [-0.05, 0) is 37.1 Å². The number of fused-ring (bicyclic) bond motifs is 1. The van der Waals surface area contributed by atoms with E-state index in [1.54, 1.807) is 12.1 Å². The topological polar surface area (TPSA) is 103 Å². The first-order valence-electron chi connectivity index (χ1n) is 8.60. The molecule has 28 heavy (non-hydrogen) atoms. The summed E-state index contributed by atoms with van der Waals surface area (Å²) in [6, 6.07) is 9.33. The minimum atomic E-state index is -0.244. The second-order valence-electron chi connectivity index (χ2n) is 6.27. The Kier molecular flexibility index (Phi) is 5.89. The molecule has 0 aliphatic carbocycles. The van der Waals surface area contributed by atoms with Crippen molar-refractivity contribution >= 4 is 33.5 Å². The number of aromatic nitrogens is 2. The van der Waals surface area contributed by atoms with Crippen LogP contribution in [0.15, 0.2) is 40.1 Å². The van der Waals surface area contributed by atoms with Gasteiger partial charge in [-0.25, -0.2) is 9.98 Å². The molecule has 3 N–H and O–H groups in total. The lowest BCUT2D eigenvalue weighted by Crippen LogP contribution is -2.13. The quantitative estimate of drug-likeness (QED) is 0.504. The third-order valence-corrected chi connectivity index (χ3v) is 5.02. The van der Waals surface area contributed by atoms with Crippen LogP contribution in [0.3, 0.4) is 0 Å². The van der Waals surface area contributed by atoms with Crippen molar-refractivity contribution in [3.8, 4) is 11.5 Å². The monoisotopic (exact) mass is 398 g/mol. The molecular formula is C20H22N4O3S. The van der Waals surface area contributed by atoms with Crippen molar-refractivity contribution in [2.24, 2.45) is 10.7 Å². The third kappa shape index (κ3) is 4.28. The van der Waals surface area contributed by atoms with Crippen molar-refractivity contribution in [1.82, 2.24) is 9.97 Å². The Bertz CT molecular complexity index is 1110. The van der Waals surface area contributed by atoms with Gasteiger partial charge < -0.3 is 20.2 Å². The van der Waals surface area contributed by atoms with Gasteiger partial charge in [0.2, 0.25) is 0 Å². The minimum Gasteiger partial charge on any atom is -0.493 e. The van der Waals surface area contributed by atoms with Gasteiger partial charge in [-0.2, -0.15) is 0 Å². The highest BCUT2D eigenvalue weighted by atomic mass is 32.2. The van der Waals surface area contributed by atoms with Gasteiger partial charge in [0.05, 0.1) is 36.6 Å². The number of benzene rings is 2. The SMILES string of the molecule is COc1cc2nc(CSC(N)=Nc3cc(C)ccc3C)[nH]c(=O)c2cc1OC. The summed E-state index contributed by atoms with van der Waals surface area (Å²) in [5.74, 6) is 1.89. The van der Waals surface area contributed by atoms with E-state index in [0.29, 0.717) is 39.1 Å². The molecule has 0 unspecified atom stereocenters. The molecule has 146 valence electrons. The third-order valence-electron chi connectivity index (χ3n) is 4.21. The molecule has 0 aliphatic heterocycles. The molecule has 1 aromatic heterocycles. The molecule has 7 nitrogen and oxygen atoms in total. The summed E-state index contributed by atoms with van der Waals surface area (Å²) in [7, 11) is 3.06. The van der Waals surface area contributed by atoms with Crippen LogP contribution >= 0.6 is 11.8 Å². The van der Waals surface area contributed by atoms with Gasteiger partial charge in [-0.1, -0.05) is 23.9 Å². The van der Waals surface area contributed by atoms with E-state index in [1.807, 2.05) is 32.0 Å². The van der Waals surface area contributed by atoms with E-state index in [-0.39, 0.29) is 5.56 Å². The highest BCUT2D eigenvalue weighted by molar-refractivity contribution is 8.13. The van der Waals surface area contributed by atoms with Crippen molar-refractivity contribution in [3.05, 3.63) is 57.6 Å². The zero-order valence-corrected chi connectivity index (χ0v) is 17.0. The lowest BCUT2D eigenvalue weighted by molar-refractivity contribution is 0.355. The van der Waals surface area contributed by atoms with E-state index in [2.05, 4.69) is 15.0 Å². The zero-order chi connectivity index (χ0) is 20.3.